The first kappa shape index (κ1) is 15.6. The highest BCUT2D eigenvalue weighted by Gasteiger charge is 2.36. The molecule has 0 bridgehead atoms. The van der Waals surface area contributed by atoms with Crippen LogP contribution in [0.5, 0.6) is 11.5 Å². The summed E-state index contributed by atoms with van der Waals surface area (Å²) in [6.45, 7) is 6.12. The lowest BCUT2D eigenvalue weighted by Gasteiger charge is -2.11. The summed E-state index contributed by atoms with van der Waals surface area (Å²) in [6.07, 6.45) is -0.588. The van der Waals surface area contributed by atoms with Crippen molar-refractivity contribution in [2.45, 2.75) is 27.1 Å². The SMILES string of the molecule is Cc1sc(C)c(C2Oc3c(Cl)c(Cl)c(Cl)c(Cl)c3O2)c1C. The van der Waals surface area contributed by atoms with Crippen molar-refractivity contribution >= 4 is 57.7 Å². The minimum absolute atomic E-state index is 0.168. The van der Waals surface area contributed by atoms with Gasteiger partial charge in [-0.1, -0.05) is 46.4 Å². The number of aryl methyl sites for hydroxylation is 2. The molecule has 0 unspecified atom stereocenters. The fourth-order valence-electron chi connectivity index (χ4n) is 2.32. The number of hydrogen-bond acceptors (Lipinski definition) is 3. The molecular formula is C14H10Cl4O2S. The molecule has 1 aliphatic heterocycles. The molecule has 1 aromatic carbocycles. The molecule has 1 aromatic heterocycles. The second-order valence-corrected chi connectivity index (χ2v) is 7.68. The Hall–Kier alpha value is -0.320. The molecule has 2 heterocycles. The first-order chi connectivity index (χ1) is 9.82. The van der Waals surface area contributed by atoms with Crippen LogP contribution in [0.2, 0.25) is 20.1 Å². The van der Waals surface area contributed by atoms with Crippen LogP contribution in [0.4, 0.5) is 0 Å². The maximum Gasteiger partial charge on any atom is 0.269 e. The number of halogens is 4. The molecule has 3 rings (SSSR count). The first-order valence-electron chi connectivity index (χ1n) is 6.08. The van der Waals surface area contributed by atoms with Crippen molar-refractivity contribution in [1.82, 2.24) is 0 Å². The van der Waals surface area contributed by atoms with Crippen molar-refractivity contribution in [2.75, 3.05) is 0 Å². The number of rotatable bonds is 1. The van der Waals surface area contributed by atoms with Crippen LogP contribution >= 0.6 is 57.7 Å². The van der Waals surface area contributed by atoms with Gasteiger partial charge in [-0.25, -0.2) is 0 Å². The third-order valence-corrected chi connectivity index (χ3v) is 6.39. The van der Waals surface area contributed by atoms with Crippen molar-refractivity contribution in [3.05, 3.63) is 41.0 Å². The van der Waals surface area contributed by atoms with Gasteiger partial charge in [0.25, 0.3) is 6.29 Å². The summed E-state index contributed by atoms with van der Waals surface area (Å²) in [5.74, 6) is 0.674. The Morgan fingerprint density at radius 1 is 0.762 bits per heavy atom. The van der Waals surface area contributed by atoms with Gasteiger partial charge in [-0.05, 0) is 26.3 Å². The van der Waals surface area contributed by atoms with Crippen LogP contribution in [0.15, 0.2) is 0 Å². The van der Waals surface area contributed by atoms with Crippen molar-refractivity contribution in [1.29, 1.82) is 0 Å². The molecule has 21 heavy (non-hydrogen) atoms. The number of fused-ring (bicyclic) bond motifs is 1. The summed E-state index contributed by atoms with van der Waals surface area (Å²) >= 11 is 26.1. The Balaban J connectivity index is 2.10. The average molecular weight is 384 g/mol. The van der Waals surface area contributed by atoms with Gasteiger partial charge in [-0.15, -0.1) is 11.3 Å². The van der Waals surface area contributed by atoms with Gasteiger partial charge >= 0.3 is 0 Å². The van der Waals surface area contributed by atoms with Gasteiger partial charge in [0.1, 0.15) is 10.0 Å². The van der Waals surface area contributed by atoms with E-state index in [1.807, 2.05) is 13.8 Å². The standard InChI is InChI=1S/C14H10Cl4O2S/c1-4-5(2)21-6(3)7(4)14-19-12-10(17)8(15)9(16)11(18)13(12)20-14/h14H,1-3H3. The molecule has 2 aromatic rings. The van der Waals surface area contributed by atoms with E-state index in [0.29, 0.717) is 11.5 Å². The second-order valence-electron chi connectivity index (χ2n) is 4.73. The largest absolute Gasteiger partial charge is 0.445 e. The zero-order valence-corrected chi connectivity index (χ0v) is 15.2. The number of ether oxygens (including phenoxy) is 2. The highest BCUT2D eigenvalue weighted by Crippen LogP contribution is 2.56. The van der Waals surface area contributed by atoms with Crippen LogP contribution in [0.25, 0.3) is 0 Å². The van der Waals surface area contributed by atoms with Crippen LogP contribution < -0.4 is 9.47 Å². The summed E-state index contributed by atoms with van der Waals surface area (Å²) in [6, 6.07) is 0. The molecule has 0 fully saturated rings. The second kappa shape index (κ2) is 5.39. The highest BCUT2D eigenvalue weighted by molar-refractivity contribution is 7.12. The Morgan fingerprint density at radius 3 is 1.62 bits per heavy atom. The van der Waals surface area contributed by atoms with Crippen LogP contribution in [-0.2, 0) is 0 Å². The third-order valence-electron chi connectivity index (χ3n) is 3.49. The average Bonchev–Trinajstić information content (AvgIpc) is 2.97. The molecule has 0 radical (unpaired) electrons. The molecule has 7 heteroatoms. The van der Waals surface area contributed by atoms with E-state index in [-0.39, 0.29) is 20.1 Å². The normalized spacial score (nSPS) is 14.0. The van der Waals surface area contributed by atoms with Gasteiger partial charge in [-0.2, -0.15) is 0 Å². The molecule has 0 amide bonds. The van der Waals surface area contributed by atoms with E-state index in [4.69, 9.17) is 55.9 Å². The van der Waals surface area contributed by atoms with Gasteiger partial charge in [0.05, 0.1) is 10.0 Å². The summed E-state index contributed by atoms with van der Waals surface area (Å²) in [5.41, 5.74) is 2.13. The molecule has 0 atom stereocenters. The number of hydrogen-bond donors (Lipinski definition) is 0. The van der Waals surface area contributed by atoms with Crippen LogP contribution in [-0.4, -0.2) is 0 Å². The topological polar surface area (TPSA) is 18.5 Å². The number of benzene rings is 1. The molecule has 0 N–H and O–H groups in total. The van der Waals surface area contributed by atoms with Crippen LogP contribution in [0.1, 0.15) is 27.2 Å². The van der Waals surface area contributed by atoms with Crippen molar-refractivity contribution in [3.8, 4) is 11.5 Å². The Bertz CT molecular complexity index is 717. The summed E-state index contributed by atoms with van der Waals surface area (Å²) < 4.78 is 11.7. The zero-order valence-electron chi connectivity index (χ0n) is 11.3. The van der Waals surface area contributed by atoms with Gasteiger partial charge in [0.15, 0.2) is 11.5 Å². The minimum Gasteiger partial charge on any atom is -0.445 e. The van der Waals surface area contributed by atoms with Crippen LogP contribution in [0, 0.1) is 20.8 Å². The highest BCUT2D eigenvalue weighted by atomic mass is 35.5. The van der Waals surface area contributed by atoms with Gasteiger partial charge in [0.2, 0.25) is 0 Å². The molecule has 0 spiro atoms. The molecule has 2 nitrogen and oxygen atoms in total. The van der Waals surface area contributed by atoms with Gasteiger partial charge in [-0.3, -0.25) is 0 Å². The lowest BCUT2D eigenvalue weighted by molar-refractivity contribution is 0.0481. The molecule has 0 saturated carbocycles. The Kier molecular flexibility index (Phi) is 4.00. The molecule has 0 saturated heterocycles. The fourth-order valence-corrected chi connectivity index (χ4v) is 4.30. The third kappa shape index (κ3) is 2.30. The summed E-state index contributed by atoms with van der Waals surface area (Å²) in [7, 11) is 0. The maximum absolute atomic E-state index is 6.18. The van der Waals surface area contributed by atoms with E-state index >= 15 is 0 Å². The minimum atomic E-state index is -0.588. The summed E-state index contributed by atoms with van der Waals surface area (Å²) in [4.78, 5) is 2.35. The molecule has 112 valence electrons. The van der Waals surface area contributed by atoms with E-state index in [2.05, 4.69) is 6.92 Å². The lowest BCUT2D eigenvalue weighted by Crippen LogP contribution is -2.09. The molecule has 0 aliphatic carbocycles. The first-order valence-corrected chi connectivity index (χ1v) is 8.41. The zero-order chi connectivity index (χ0) is 15.5. The van der Waals surface area contributed by atoms with Gasteiger partial charge in [0, 0.05) is 15.3 Å². The summed E-state index contributed by atoms with van der Waals surface area (Å²) in [5, 5.41) is 0.763. The van der Waals surface area contributed by atoms with E-state index in [0.717, 1.165) is 16.0 Å². The molecule has 1 aliphatic rings. The van der Waals surface area contributed by atoms with Crippen molar-refractivity contribution < 1.29 is 9.47 Å². The number of thiophene rings is 1. The predicted octanol–water partition coefficient (Wildman–Crippen LogP) is 6.76. The lowest BCUT2D eigenvalue weighted by atomic mass is 10.1. The predicted molar refractivity (Wildman–Crippen MR) is 89.0 cm³/mol. The van der Waals surface area contributed by atoms with Crippen LogP contribution in [0.3, 0.4) is 0 Å². The fraction of sp³-hybridized carbons (Fsp3) is 0.286. The van der Waals surface area contributed by atoms with E-state index in [1.165, 1.54) is 4.88 Å². The Morgan fingerprint density at radius 2 is 1.24 bits per heavy atom. The molecular weight excluding hydrogens is 374 g/mol. The van der Waals surface area contributed by atoms with Gasteiger partial charge < -0.3 is 9.47 Å². The Labute approximate surface area is 146 Å². The van der Waals surface area contributed by atoms with E-state index in [1.54, 1.807) is 11.3 Å². The van der Waals surface area contributed by atoms with Crippen molar-refractivity contribution in [2.24, 2.45) is 0 Å². The van der Waals surface area contributed by atoms with E-state index < -0.39 is 6.29 Å². The maximum atomic E-state index is 6.18. The van der Waals surface area contributed by atoms with Crippen molar-refractivity contribution in [3.63, 3.8) is 0 Å². The van der Waals surface area contributed by atoms with E-state index in [9.17, 15) is 0 Å². The smallest absolute Gasteiger partial charge is 0.269 e. The quantitative estimate of drug-likeness (QED) is 0.400. The monoisotopic (exact) mass is 382 g/mol.